The number of hydrogen-bond acceptors (Lipinski definition) is 3. The smallest absolute Gasteiger partial charge is 0.251 e. The molecule has 0 bridgehead atoms. The lowest BCUT2D eigenvalue weighted by Crippen LogP contribution is -2.35. The van der Waals surface area contributed by atoms with Crippen LogP contribution in [0.1, 0.15) is 28.8 Å². The SMILES string of the molecule is C=CCNC(=O)c1cccc(S(=O)(=O)N(CCc2cccc(F)c2)C2CC2)c1. The highest BCUT2D eigenvalue weighted by molar-refractivity contribution is 7.89. The molecule has 1 aliphatic rings. The van der Waals surface area contributed by atoms with Gasteiger partial charge in [0.1, 0.15) is 5.82 Å². The minimum Gasteiger partial charge on any atom is -0.349 e. The van der Waals surface area contributed by atoms with E-state index in [1.165, 1.54) is 28.6 Å². The highest BCUT2D eigenvalue weighted by Gasteiger charge is 2.37. The summed E-state index contributed by atoms with van der Waals surface area (Å²) < 4.78 is 41.3. The van der Waals surface area contributed by atoms with Gasteiger partial charge in [0.15, 0.2) is 0 Å². The first-order valence-electron chi connectivity index (χ1n) is 9.17. The summed E-state index contributed by atoms with van der Waals surface area (Å²) in [5.41, 5.74) is 1.03. The third-order valence-electron chi connectivity index (χ3n) is 4.57. The third kappa shape index (κ3) is 4.85. The van der Waals surface area contributed by atoms with Crippen molar-refractivity contribution in [3.63, 3.8) is 0 Å². The van der Waals surface area contributed by atoms with Gasteiger partial charge in [0.2, 0.25) is 10.0 Å². The first-order chi connectivity index (χ1) is 13.4. The standard InChI is InChI=1S/C21H23FN2O3S/c1-2-12-23-21(25)17-6-4-8-20(15-17)28(26,27)24(19-9-10-19)13-11-16-5-3-7-18(22)14-16/h2-8,14-15,19H,1,9-13H2,(H,23,25). The molecule has 1 N–H and O–H groups in total. The molecule has 0 spiro atoms. The summed E-state index contributed by atoms with van der Waals surface area (Å²) >= 11 is 0. The lowest BCUT2D eigenvalue weighted by molar-refractivity contribution is 0.0958. The van der Waals surface area contributed by atoms with Gasteiger partial charge in [-0.15, -0.1) is 6.58 Å². The summed E-state index contributed by atoms with van der Waals surface area (Å²) in [4.78, 5) is 12.2. The van der Waals surface area contributed by atoms with Crippen LogP contribution in [0.4, 0.5) is 4.39 Å². The van der Waals surface area contributed by atoms with E-state index in [2.05, 4.69) is 11.9 Å². The van der Waals surface area contributed by atoms with Crippen LogP contribution in [0.2, 0.25) is 0 Å². The van der Waals surface area contributed by atoms with Crippen LogP contribution in [0.25, 0.3) is 0 Å². The molecule has 0 saturated heterocycles. The Bertz CT molecular complexity index is 971. The lowest BCUT2D eigenvalue weighted by Gasteiger charge is -2.22. The molecule has 148 valence electrons. The zero-order chi connectivity index (χ0) is 20.1. The highest BCUT2D eigenvalue weighted by Crippen LogP contribution is 2.32. The summed E-state index contributed by atoms with van der Waals surface area (Å²) in [6.07, 6.45) is 3.59. The average molecular weight is 402 g/mol. The normalized spacial score (nSPS) is 14.1. The predicted octanol–water partition coefficient (Wildman–Crippen LogP) is 3.14. The number of hydrogen-bond donors (Lipinski definition) is 1. The molecule has 1 amide bonds. The van der Waals surface area contributed by atoms with Crippen LogP contribution in [0.3, 0.4) is 0 Å². The quantitative estimate of drug-likeness (QED) is 0.656. The van der Waals surface area contributed by atoms with Gasteiger partial charge in [-0.2, -0.15) is 4.31 Å². The minimum absolute atomic E-state index is 0.0446. The van der Waals surface area contributed by atoms with E-state index in [1.54, 1.807) is 30.3 Å². The summed E-state index contributed by atoms with van der Waals surface area (Å²) in [5, 5.41) is 2.64. The fraction of sp³-hybridized carbons (Fsp3) is 0.286. The van der Waals surface area contributed by atoms with Crippen LogP contribution in [0, 0.1) is 5.82 Å². The molecular weight excluding hydrogens is 379 g/mol. The Morgan fingerprint density at radius 1 is 1.21 bits per heavy atom. The first-order valence-corrected chi connectivity index (χ1v) is 10.6. The number of nitrogens with zero attached hydrogens (tertiary/aromatic N) is 1. The molecule has 5 nitrogen and oxygen atoms in total. The second-order valence-corrected chi connectivity index (χ2v) is 8.64. The molecule has 0 heterocycles. The predicted molar refractivity (Wildman–Crippen MR) is 106 cm³/mol. The molecule has 1 fully saturated rings. The van der Waals surface area contributed by atoms with Gasteiger partial charge in [0.05, 0.1) is 4.90 Å². The Balaban J connectivity index is 1.80. The fourth-order valence-corrected chi connectivity index (χ4v) is 4.73. The largest absolute Gasteiger partial charge is 0.349 e. The van der Waals surface area contributed by atoms with Gasteiger partial charge in [-0.25, -0.2) is 12.8 Å². The summed E-state index contributed by atoms with van der Waals surface area (Å²) in [7, 11) is -3.76. The fourth-order valence-electron chi connectivity index (χ4n) is 2.99. The van der Waals surface area contributed by atoms with Crippen molar-refractivity contribution in [1.29, 1.82) is 0 Å². The van der Waals surface area contributed by atoms with Crippen LogP contribution in [-0.2, 0) is 16.4 Å². The van der Waals surface area contributed by atoms with Crippen LogP contribution < -0.4 is 5.32 Å². The van der Waals surface area contributed by atoms with Gasteiger partial charge in [0, 0.05) is 24.7 Å². The molecule has 2 aromatic rings. The van der Waals surface area contributed by atoms with Gasteiger partial charge < -0.3 is 5.32 Å². The number of nitrogens with one attached hydrogen (secondary N) is 1. The Labute approximate surface area is 164 Å². The van der Waals surface area contributed by atoms with E-state index < -0.39 is 10.0 Å². The molecule has 0 atom stereocenters. The summed E-state index contributed by atoms with van der Waals surface area (Å²) in [6, 6.07) is 12.2. The Morgan fingerprint density at radius 2 is 1.96 bits per heavy atom. The molecule has 7 heteroatoms. The highest BCUT2D eigenvalue weighted by atomic mass is 32.2. The summed E-state index contributed by atoms with van der Waals surface area (Å²) in [5.74, 6) is -0.689. The first kappa shape index (κ1) is 20.2. The second kappa shape index (κ2) is 8.67. The Kier molecular flexibility index (Phi) is 6.26. The molecular formula is C21H23FN2O3S. The number of rotatable bonds is 9. The summed E-state index contributed by atoms with van der Waals surface area (Å²) in [6.45, 7) is 4.11. The molecule has 1 aliphatic carbocycles. The molecule has 28 heavy (non-hydrogen) atoms. The maximum atomic E-state index is 13.4. The van der Waals surface area contributed by atoms with E-state index in [1.807, 2.05) is 0 Å². The molecule has 1 saturated carbocycles. The van der Waals surface area contributed by atoms with Crippen LogP contribution in [-0.4, -0.2) is 37.8 Å². The van der Waals surface area contributed by atoms with E-state index >= 15 is 0 Å². The van der Waals surface area contributed by atoms with Crippen LogP contribution >= 0.6 is 0 Å². The molecule has 0 aliphatic heterocycles. The minimum atomic E-state index is -3.76. The number of sulfonamides is 1. The van der Waals surface area contributed by atoms with Crippen molar-refractivity contribution in [3.05, 3.63) is 78.1 Å². The number of amides is 1. The van der Waals surface area contributed by atoms with Crippen molar-refractivity contribution in [2.24, 2.45) is 0 Å². The average Bonchev–Trinajstić information content (AvgIpc) is 3.51. The van der Waals surface area contributed by atoms with Crippen LogP contribution in [0.5, 0.6) is 0 Å². The third-order valence-corrected chi connectivity index (χ3v) is 6.52. The van der Waals surface area contributed by atoms with Gasteiger partial charge in [-0.05, 0) is 55.2 Å². The molecule has 3 rings (SSSR count). The van der Waals surface area contributed by atoms with E-state index in [9.17, 15) is 17.6 Å². The molecule has 0 aromatic heterocycles. The topological polar surface area (TPSA) is 66.5 Å². The maximum Gasteiger partial charge on any atom is 0.251 e. The van der Waals surface area contributed by atoms with E-state index in [-0.39, 0.29) is 34.8 Å². The number of carbonyl (C=O) groups excluding carboxylic acids is 1. The van der Waals surface area contributed by atoms with Gasteiger partial charge in [-0.1, -0.05) is 24.3 Å². The van der Waals surface area contributed by atoms with Crippen molar-refractivity contribution >= 4 is 15.9 Å². The van der Waals surface area contributed by atoms with E-state index in [0.29, 0.717) is 13.0 Å². The van der Waals surface area contributed by atoms with Crippen LogP contribution in [0.15, 0.2) is 66.1 Å². The second-order valence-electron chi connectivity index (χ2n) is 6.75. The number of carbonyl (C=O) groups is 1. The van der Waals surface area contributed by atoms with Gasteiger partial charge in [-0.3, -0.25) is 4.79 Å². The number of halogens is 1. The zero-order valence-corrected chi connectivity index (χ0v) is 16.3. The maximum absolute atomic E-state index is 13.4. The number of benzene rings is 2. The Hall–Kier alpha value is -2.51. The van der Waals surface area contributed by atoms with Crippen molar-refractivity contribution in [2.75, 3.05) is 13.1 Å². The van der Waals surface area contributed by atoms with Crippen molar-refractivity contribution in [3.8, 4) is 0 Å². The zero-order valence-electron chi connectivity index (χ0n) is 15.5. The molecule has 0 unspecified atom stereocenters. The Morgan fingerprint density at radius 3 is 2.64 bits per heavy atom. The van der Waals surface area contributed by atoms with E-state index in [0.717, 1.165) is 18.4 Å². The van der Waals surface area contributed by atoms with Crippen molar-refractivity contribution in [2.45, 2.75) is 30.2 Å². The lowest BCUT2D eigenvalue weighted by atomic mass is 10.1. The van der Waals surface area contributed by atoms with E-state index in [4.69, 9.17) is 0 Å². The molecule has 2 aromatic carbocycles. The molecule has 0 radical (unpaired) electrons. The van der Waals surface area contributed by atoms with Crippen molar-refractivity contribution in [1.82, 2.24) is 9.62 Å². The monoisotopic (exact) mass is 402 g/mol. The van der Waals surface area contributed by atoms with Gasteiger partial charge in [0.25, 0.3) is 5.91 Å². The van der Waals surface area contributed by atoms with Crippen molar-refractivity contribution < 1.29 is 17.6 Å². The van der Waals surface area contributed by atoms with Gasteiger partial charge >= 0.3 is 0 Å².